The Morgan fingerprint density at radius 1 is 1.39 bits per heavy atom. The van der Waals surface area contributed by atoms with Gasteiger partial charge in [-0.1, -0.05) is 11.8 Å². The van der Waals surface area contributed by atoms with Gasteiger partial charge < -0.3 is 10.5 Å². The van der Waals surface area contributed by atoms with E-state index < -0.39 is 12.8 Å². The van der Waals surface area contributed by atoms with Crippen molar-refractivity contribution in [2.45, 2.75) is 31.2 Å². The van der Waals surface area contributed by atoms with Gasteiger partial charge in [-0.2, -0.15) is 13.2 Å². The van der Waals surface area contributed by atoms with E-state index in [2.05, 4.69) is 14.9 Å². The molecule has 0 spiro atoms. The van der Waals surface area contributed by atoms with Crippen molar-refractivity contribution in [2.75, 3.05) is 24.7 Å². The first-order chi connectivity index (χ1) is 8.31. The first-order valence-electron chi connectivity index (χ1n) is 5.29. The smallest absolute Gasteiger partial charge is 0.371 e. The van der Waals surface area contributed by atoms with Gasteiger partial charge in [0.25, 0.3) is 0 Å². The Balaban J connectivity index is 2.36. The number of nitrogens with two attached hydrogens (primary N) is 1. The fourth-order valence-corrected chi connectivity index (χ4v) is 2.18. The molecule has 0 aliphatic carbocycles. The number of rotatable bonds is 6. The van der Waals surface area contributed by atoms with Crippen LogP contribution >= 0.6 is 11.8 Å². The molecule has 0 radical (unpaired) electrons. The van der Waals surface area contributed by atoms with E-state index >= 15 is 0 Å². The van der Waals surface area contributed by atoms with Crippen LogP contribution in [-0.2, 0) is 4.74 Å². The highest BCUT2D eigenvalue weighted by atomic mass is 32.2. The number of nitrogen functional groups attached to an aromatic ring is 1. The maximum atomic E-state index is 11.8. The summed E-state index contributed by atoms with van der Waals surface area (Å²) in [5, 5.41) is 8.16. The summed E-state index contributed by atoms with van der Waals surface area (Å²) in [5.74, 6) is 0.657. The average Bonchev–Trinajstić information content (AvgIpc) is 2.57. The van der Waals surface area contributed by atoms with Crippen molar-refractivity contribution in [3.05, 3.63) is 0 Å². The minimum Gasteiger partial charge on any atom is -0.371 e. The van der Waals surface area contributed by atoms with E-state index in [0.29, 0.717) is 16.9 Å². The molecule has 0 saturated carbocycles. The molecule has 1 aromatic rings. The molecule has 0 aromatic carbocycles. The summed E-state index contributed by atoms with van der Waals surface area (Å²) in [4.78, 5) is 0. The van der Waals surface area contributed by atoms with Gasteiger partial charge in [-0.25, -0.2) is 0 Å². The normalized spacial score (nSPS) is 12.3. The van der Waals surface area contributed by atoms with Crippen LogP contribution in [0.3, 0.4) is 0 Å². The van der Waals surface area contributed by atoms with Crippen LogP contribution in [0.15, 0.2) is 5.16 Å². The van der Waals surface area contributed by atoms with Gasteiger partial charge in [0.05, 0.1) is 6.61 Å². The Bertz CT molecular complexity index is 380. The molecule has 0 saturated heterocycles. The zero-order valence-electron chi connectivity index (χ0n) is 10.1. The molecule has 1 rings (SSSR count). The third-order valence-corrected chi connectivity index (χ3v) is 2.84. The molecular formula is C9H15F3N4OS. The highest BCUT2D eigenvalue weighted by Gasteiger charge is 2.27. The molecule has 0 amide bonds. The summed E-state index contributed by atoms with van der Waals surface area (Å²) >= 11 is 1.26. The SMILES string of the molecule is CC(C)n1c(N)nnc1SCCOCC(F)(F)F. The van der Waals surface area contributed by atoms with E-state index in [-0.39, 0.29) is 12.6 Å². The Labute approximate surface area is 107 Å². The van der Waals surface area contributed by atoms with Crippen molar-refractivity contribution in [3.8, 4) is 0 Å². The predicted molar refractivity (Wildman–Crippen MR) is 62.4 cm³/mol. The van der Waals surface area contributed by atoms with Crippen molar-refractivity contribution < 1.29 is 17.9 Å². The number of hydrogen-bond acceptors (Lipinski definition) is 5. The second kappa shape index (κ2) is 6.28. The lowest BCUT2D eigenvalue weighted by Crippen LogP contribution is -2.18. The lowest BCUT2D eigenvalue weighted by atomic mass is 10.4. The maximum absolute atomic E-state index is 11.8. The number of ether oxygens (including phenoxy) is 1. The molecule has 9 heteroatoms. The predicted octanol–water partition coefficient (Wildman–Crippen LogP) is 2.11. The summed E-state index contributed by atoms with van der Waals surface area (Å²) in [6.45, 7) is 2.61. The Hall–Kier alpha value is -0.960. The van der Waals surface area contributed by atoms with Gasteiger partial charge in [-0.05, 0) is 13.8 Å². The van der Waals surface area contributed by atoms with Gasteiger partial charge >= 0.3 is 6.18 Å². The molecule has 0 fully saturated rings. The van der Waals surface area contributed by atoms with Crippen molar-refractivity contribution >= 4 is 17.7 Å². The largest absolute Gasteiger partial charge is 0.411 e. The fraction of sp³-hybridized carbons (Fsp3) is 0.778. The lowest BCUT2D eigenvalue weighted by molar-refractivity contribution is -0.172. The quantitative estimate of drug-likeness (QED) is 0.640. The van der Waals surface area contributed by atoms with Crippen molar-refractivity contribution in [3.63, 3.8) is 0 Å². The van der Waals surface area contributed by atoms with E-state index in [1.165, 1.54) is 11.8 Å². The number of alkyl halides is 3. The molecule has 104 valence electrons. The summed E-state index contributed by atoms with van der Waals surface area (Å²) in [6.07, 6.45) is -4.28. The monoisotopic (exact) mass is 284 g/mol. The van der Waals surface area contributed by atoms with Gasteiger partial charge in [0, 0.05) is 11.8 Å². The molecule has 0 aliphatic heterocycles. The van der Waals surface area contributed by atoms with Gasteiger partial charge in [-0.3, -0.25) is 4.57 Å². The van der Waals surface area contributed by atoms with Crippen LogP contribution in [0.1, 0.15) is 19.9 Å². The highest BCUT2D eigenvalue weighted by molar-refractivity contribution is 7.99. The number of thioether (sulfide) groups is 1. The van der Waals surface area contributed by atoms with Crippen LogP contribution in [0.2, 0.25) is 0 Å². The summed E-state index contributed by atoms with van der Waals surface area (Å²) in [6, 6.07) is 0.0959. The van der Waals surface area contributed by atoms with Gasteiger partial charge in [0.2, 0.25) is 5.95 Å². The molecule has 1 heterocycles. The molecule has 0 aliphatic rings. The topological polar surface area (TPSA) is 66.0 Å². The number of hydrogen-bond donors (Lipinski definition) is 1. The number of anilines is 1. The van der Waals surface area contributed by atoms with E-state index in [4.69, 9.17) is 5.73 Å². The zero-order valence-corrected chi connectivity index (χ0v) is 10.9. The molecule has 2 N–H and O–H groups in total. The molecule has 18 heavy (non-hydrogen) atoms. The molecular weight excluding hydrogens is 269 g/mol. The van der Waals surface area contributed by atoms with Gasteiger partial charge in [0.1, 0.15) is 6.61 Å². The molecule has 1 aromatic heterocycles. The molecule has 0 atom stereocenters. The highest BCUT2D eigenvalue weighted by Crippen LogP contribution is 2.22. The third kappa shape index (κ3) is 4.73. The fourth-order valence-electron chi connectivity index (χ4n) is 1.25. The first-order valence-corrected chi connectivity index (χ1v) is 6.27. The Morgan fingerprint density at radius 2 is 2.06 bits per heavy atom. The summed E-state index contributed by atoms with van der Waals surface area (Å²) in [7, 11) is 0. The van der Waals surface area contributed by atoms with E-state index in [0.717, 1.165) is 0 Å². The van der Waals surface area contributed by atoms with Crippen LogP contribution < -0.4 is 5.73 Å². The van der Waals surface area contributed by atoms with Crippen LogP contribution in [0.4, 0.5) is 19.1 Å². The van der Waals surface area contributed by atoms with Crippen LogP contribution in [0, 0.1) is 0 Å². The molecule has 0 unspecified atom stereocenters. The van der Waals surface area contributed by atoms with Crippen LogP contribution in [0.25, 0.3) is 0 Å². The summed E-state index contributed by atoms with van der Waals surface area (Å²) < 4.78 is 41.6. The standard InChI is InChI=1S/C9H15F3N4OS/c1-6(2)16-7(13)14-15-8(16)18-4-3-17-5-9(10,11)12/h6H,3-5H2,1-2H3,(H2,13,14). The lowest BCUT2D eigenvalue weighted by Gasteiger charge is -2.11. The zero-order chi connectivity index (χ0) is 13.8. The van der Waals surface area contributed by atoms with Crippen molar-refractivity contribution in [1.82, 2.24) is 14.8 Å². The van der Waals surface area contributed by atoms with Gasteiger partial charge in [-0.15, -0.1) is 10.2 Å². The minimum absolute atomic E-state index is 0.00492. The first kappa shape index (κ1) is 15.1. The number of aromatic nitrogens is 3. The van der Waals surface area contributed by atoms with E-state index in [9.17, 15) is 13.2 Å². The second-order valence-corrected chi connectivity index (χ2v) is 4.88. The Morgan fingerprint density at radius 3 is 2.61 bits per heavy atom. The van der Waals surface area contributed by atoms with Crippen LogP contribution in [-0.4, -0.2) is 39.9 Å². The van der Waals surface area contributed by atoms with E-state index in [1.807, 2.05) is 13.8 Å². The van der Waals surface area contributed by atoms with Gasteiger partial charge in [0.15, 0.2) is 5.16 Å². The summed E-state index contributed by atoms with van der Waals surface area (Å²) in [5.41, 5.74) is 5.63. The molecule has 0 bridgehead atoms. The van der Waals surface area contributed by atoms with Crippen LogP contribution in [0.5, 0.6) is 0 Å². The third-order valence-electron chi connectivity index (χ3n) is 1.93. The second-order valence-electron chi connectivity index (χ2n) is 3.82. The Kier molecular flexibility index (Phi) is 5.27. The average molecular weight is 284 g/mol. The van der Waals surface area contributed by atoms with Crippen molar-refractivity contribution in [1.29, 1.82) is 0 Å². The number of halogens is 3. The van der Waals surface area contributed by atoms with E-state index in [1.54, 1.807) is 4.57 Å². The number of nitrogens with zero attached hydrogens (tertiary/aromatic N) is 3. The minimum atomic E-state index is -4.28. The molecule has 5 nitrogen and oxygen atoms in total. The maximum Gasteiger partial charge on any atom is 0.411 e. The van der Waals surface area contributed by atoms with Crippen molar-refractivity contribution in [2.24, 2.45) is 0 Å².